The highest BCUT2D eigenvalue weighted by Gasteiger charge is 2.21. The summed E-state index contributed by atoms with van der Waals surface area (Å²) in [5, 5.41) is 3.29. The molecule has 0 atom stereocenters. The van der Waals surface area contributed by atoms with Crippen LogP contribution in [0.3, 0.4) is 0 Å². The third-order valence-electron chi connectivity index (χ3n) is 5.70. The number of nitrogens with one attached hydrogen (secondary N) is 1. The first-order valence-corrected chi connectivity index (χ1v) is 11.1. The molecule has 31 heavy (non-hydrogen) atoms. The standard InChI is InChI=1S/C22H25N5O3S/c1-13-14(2)31-21-19(13)22(30)27(17(25-21)11-26-9-5-6-10-26)12-18(28)24-16-8-4-3-7-15(16)20(23)29/h3-4,7-8H,5-6,9-12H2,1-2H3,(H2,23,29)(H,24,28). The molecule has 0 spiro atoms. The van der Waals surface area contributed by atoms with E-state index in [0.717, 1.165) is 36.4 Å². The molecule has 0 radical (unpaired) electrons. The molecule has 1 aliphatic heterocycles. The number of nitrogens with zero attached hydrogens (tertiary/aromatic N) is 3. The molecule has 0 aliphatic carbocycles. The molecule has 1 fully saturated rings. The summed E-state index contributed by atoms with van der Waals surface area (Å²) in [6.45, 7) is 6.12. The number of amides is 2. The molecule has 9 heteroatoms. The van der Waals surface area contributed by atoms with E-state index >= 15 is 0 Å². The molecular formula is C22H25N5O3S. The average molecular weight is 440 g/mol. The summed E-state index contributed by atoms with van der Waals surface area (Å²) in [6, 6.07) is 6.54. The minimum absolute atomic E-state index is 0.188. The molecule has 162 valence electrons. The highest BCUT2D eigenvalue weighted by Crippen LogP contribution is 2.27. The van der Waals surface area contributed by atoms with Gasteiger partial charge in [0.1, 0.15) is 17.2 Å². The minimum Gasteiger partial charge on any atom is -0.366 e. The Balaban J connectivity index is 1.70. The number of hydrogen-bond donors (Lipinski definition) is 2. The van der Waals surface area contributed by atoms with E-state index in [2.05, 4.69) is 10.2 Å². The number of carbonyl (C=O) groups excluding carboxylic acids is 2. The van der Waals surface area contributed by atoms with Crippen molar-refractivity contribution in [2.45, 2.75) is 39.8 Å². The summed E-state index contributed by atoms with van der Waals surface area (Å²) in [6.07, 6.45) is 2.24. The number of primary amides is 1. The number of para-hydroxylation sites is 1. The Morgan fingerprint density at radius 3 is 2.61 bits per heavy atom. The summed E-state index contributed by atoms with van der Waals surface area (Å²) < 4.78 is 1.46. The maximum absolute atomic E-state index is 13.4. The van der Waals surface area contributed by atoms with Crippen LogP contribution in [-0.2, 0) is 17.9 Å². The van der Waals surface area contributed by atoms with Crippen LogP contribution in [0.1, 0.15) is 39.5 Å². The Bertz CT molecular complexity index is 1220. The quantitative estimate of drug-likeness (QED) is 0.613. The Hall–Kier alpha value is -3.04. The Morgan fingerprint density at radius 2 is 1.90 bits per heavy atom. The maximum Gasteiger partial charge on any atom is 0.263 e. The molecule has 1 saturated heterocycles. The van der Waals surface area contributed by atoms with E-state index in [1.165, 1.54) is 15.9 Å². The fourth-order valence-corrected chi connectivity index (χ4v) is 4.97. The minimum atomic E-state index is -0.629. The highest BCUT2D eigenvalue weighted by molar-refractivity contribution is 7.18. The smallest absolute Gasteiger partial charge is 0.263 e. The number of anilines is 1. The molecule has 8 nitrogen and oxygen atoms in total. The van der Waals surface area contributed by atoms with Gasteiger partial charge in [0.2, 0.25) is 5.91 Å². The van der Waals surface area contributed by atoms with Crippen LogP contribution in [0.2, 0.25) is 0 Å². The SMILES string of the molecule is Cc1sc2nc(CN3CCCC3)n(CC(=O)Nc3ccccc3C(N)=O)c(=O)c2c1C. The number of benzene rings is 1. The van der Waals surface area contributed by atoms with Gasteiger partial charge in [-0.15, -0.1) is 11.3 Å². The molecule has 0 saturated carbocycles. The van der Waals surface area contributed by atoms with Crippen molar-refractivity contribution >= 4 is 39.1 Å². The second-order valence-corrected chi connectivity index (χ2v) is 9.03. The molecule has 1 aliphatic rings. The van der Waals surface area contributed by atoms with Crippen molar-refractivity contribution in [3.8, 4) is 0 Å². The van der Waals surface area contributed by atoms with Crippen LogP contribution >= 0.6 is 11.3 Å². The van der Waals surface area contributed by atoms with Crippen LogP contribution in [0.5, 0.6) is 0 Å². The number of thiophene rings is 1. The number of aryl methyl sites for hydroxylation is 2. The van der Waals surface area contributed by atoms with Crippen molar-refractivity contribution in [2.75, 3.05) is 18.4 Å². The van der Waals surface area contributed by atoms with Crippen molar-refractivity contribution < 1.29 is 9.59 Å². The maximum atomic E-state index is 13.4. The van der Waals surface area contributed by atoms with Crippen LogP contribution in [0.4, 0.5) is 5.69 Å². The number of hydrogen-bond acceptors (Lipinski definition) is 6. The van der Waals surface area contributed by atoms with E-state index < -0.39 is 11.8 Å². The van der Waals surface area contributed by atoms with Gasteiger partial charge in [-0.05, 0) is 57.5 Å². The molecule has 3 N–H and O–H groups in total. The summed E-state index contributed by atoms with van der Waals surface area (Å²) >= 11 is 1.51. The predicted octanol–water partition coefficient (Wildman–Crippen LogP) is 2.41. The zero-order valence-corrected chi connectivity index (χ0v) is 18.4. The molecule has 2 aromatic heterocycles. The summed E-state index contributed by atoms with van der Waals surface area (Å²) in [5.74, 6) is -0.460. The Morgan fingerprint density at radius 1 is 1.19 bits per heavy atom. The van der Waals surface area contributed by atoms with Gasteiger partial charge in [0, 0.05) is 4.88 Å². The lowest BCUT2D eigenvalue weighted by Gasteiger charge is -2.18. The third-order valence-corrected chi connectivity index (χ3v) is 6.80. The fraction of sp³-hybridized carbons (Fsp3) is 0.364. The number of carbonyl (C=O) groups is 2. The highest BCUT2D eigenvalue weighted by atomic mass is 32.1. The summed E-state index contributed by atoms with van der Waals surface area (Å²) in [7, 11) is 0. The van der Waals surface area contributed by atoms with Gasteiger partial charge in [0.05, 0.1) is 23.2 Å². The van der Waals surface area contributed by atoms with Crippen LogP contribution in [0, 0.1) is 13.8 Å². The lowest BCUT2D eigenvalue weighted by atomic mass is 10.1. The van der Waals surface area contributed by atoms with Gasteiger partial charge in [-0.2, -0.15) is 0 Å². The molecular weight excluding hydrogens is 414 g/mol. The van der Waals surface area contributed by atoms with E-state index in [1.807, 2.05) is 13.8 Å². The first kappa shape index (κ1) is 21.2. The first-order chi connectivity index (χ1) is 14.8. The van der Waals surface area contributed by atoms with Crippen molar-refractivity contribution in [2.24, 2.45) is 5.73 Å². The summed E-state index contributed by atoms with van der Waals surface area (Å²) in [5.41, 5.74) is 6.64. The number of nitrogens with two attached hydrogens (primary N) is 1. The number of fused-ring (bicyclic) bond motifs is 1. The first-order valence-electron chi connectivity index (χ1n) is 10.3. The summed E-state index contributed by atoms with van der Waals surface area (Å²) in [4.78, 5) is 46.7. The van der Waals surface area contributed by atoms with Crippen molar-refractivity contribution in [1.82, 2.24) is 14.5 Å². The van der Waals surface area contributed by atoms with Gasteiger partial charge in [-0.1, -0.05) is 12.1 Å². The van der Waals surface area contributed by atoms with E-state index in [0.29, 0.717) is 28.3 Å². The van der Waals surface area contributed by atoms with Crippen LogP contribution in [-0.4, -0.2) is 39.4 Å². The van der Waals surface area contributed by atoms with Crippen molar-refractivity contribution in [3.05, 3.63) is 56.4 Å². The van der Waals surface area contributed by atoms with E-state index in [-0.39, 0.29) is 17.7 Å². The number of rotatable bonds is 6. The lowest BCUT2D eigenvalue weighted by Crippen LogP contribution is -2.34. The molecule has 0 unspecified atom stereocenters. The van der Waals surface area contributed by atoms with Gasteiger partial charge in [-0.25, -0.2) is 4.98 Å². The zero-order valence-electron chi connectivity index (χ0n) is 17.6. The van der Waals surface area contributed by atoms with Crippen LogP contribution < -0.4 is 16.6 Å². The Labute approximate surface area is 183 Å². The van der Waals surface area contributed by atoms with Gasteiger partial charge in [-0.3, -0.25) is 23.9 Å². The van der Waals surface area contributed by atoms with Gasteiger partial charge in [0.15, 0.2) is 0 Å². The topological polar surface area (TPSA) is 110 Å². The molecule has 3 heterocycles. The molecule has 3 aromatic rings. The van der Waals surface area contributed by atoms with Crippen LogP contribution in [0.25, 0.3) is 10.2 Å². The predicted molar refractivity (Wildman–Crippen MR) is 121 cm³/mol. The second kappa shape index (κ2) is 8.60. The van der Waals surface area contributed by atoms with E-state index in [4.69, 9.17) is 10.7 Å². The lowest BCUT2D eigenvalue weighted by molar-refractivity contribution is -0.116. The van der Waals surface area contributed by atoms with Crippen molar-refractivity contribution in [1.29, 1.82) is 0 Å². The number of likely N-dealkylation sites (tertiary alicyclic amines) is 1. The van der Waals surface area contributed by atoms with Gasteiger partial charge < -0.3 is 11.1 Å². The molecule has 2 amide bonds. The Kier molecular flexibility index (Phi) is 5.88. The molecule has 4 rings (SSSR count). The normalized spacial score (nSPS) is 14.3. The van der Waals surface area contributed by atoms with E-state index in [9.17, 15) is 14.4 Å². The number of aromatic nitrogens is 2. The monoisotopic (exact) mass is 439 g/mol. The zero-order chi connectivity index (χ0) is 22.1. The second-order valence-electron chi connectivity index (χ2n) is 7.82. The fourth-order valence-electron chi connectivity index (χ4n) is 3.93. The van der Waals surface area contributed by atoms with Crippen molar-refractivity contribution in [3.63, 3.8) is 0 Å². The largest absolute Gasteiger partial charge is 0.366 e. The van der Waals surface area contributed by atoms with Gasteiger partial charge >= 0.3 is 0 Å². The molecule has 1 aromatic carbocycles. The van der Waals surface area contributed by atoms with E-state index in [1.54, 1.807) is 24.3 Å². The third kappa shape index (κ3) is 4.24. The molecule has 0 bridgehead atoms. The van der Waals surface area contributed by atoms with Gasteiger partial charge in [0.25, 0.3) is 11.5 Å². The van der Waals surface area contributed by atoms with Crippen LogP contribution in [0.15, 0.2) is 29.1 Å². The average Bonchev–Trinajstić information content (AvgIpc) is 3.33.